The molecular formula is C19H25ClN8O. The summed E-state index contributed by atoms with van der Waals surface area (Å²) >= 11 is 0. The van der Waals surface area contributed by atoms with Gasteiger partial charge in [0.05, 0.1) is 12.2 Å². The van der Waals surface area contributed by atoms with Gasteiger partial charge in [0.1, 0.15) is 6.33 Å². The summed E-state index contributed by atoms with van der Waals surface area (Å²) in [6.45, 7) is 1.95. The maximum Gasteiger partial charge on any atom is 0.277 e. The second-order valence-electron chi connectivity index (χ2n) is 7.35. The van der Waals surface area contributed by atoms with Gasteiger partial charge in [0.25, 0.3) is 5.91 Å². The number of rotatable bonds is 4. The molecule has 1 aromatic carbocycles. The van der Waals surface area contributed by atoms with Gasteiger partial charge in [0.15, 0.2) is 11.5 Å². The molecule has 4 rings (SSSR count). The van der Waals surface area contributed by atoms with E-state index in [1.54, 1.807) is 17.2 Å². The van der Waals surface area contributed by atoms with Crippen LogP contribution in [-0.4, -0.2) is 41.7 Å². The fraction of sp³-hybridized carbons (Fsp3) is 0.421. The van der Waals surface area contributed by atoms with E-state index in [4.69, 9.17) is 5.73 Å². The molecular weight excluding hydrogens is 392 g/mol. The quantitative estimate of drug-likeness (QED) is 0.674. The average molecular weight is 417 g/mol. The van der Waals surface area contributed by atoms with Crippen molar-refractivity contribution >= 4 is 24.0 Å². The van der Waals surface area contributed by atoms with E-state index < -0.39 is 0 Å². The minimum Gasteiger partial charge on any atom is -0.328 e. The number of nitrogens with two attached hydrogens (primary N) is 1. The molecule has 0 atom stereocenters. The molecule has 2 heterocycles. The predicted molar refractivity (Wildman–Crippen MR) is 112 cm³/mol. The summed E-state index contributed by atoms with van der Waals surface area (Å²) in [7, 11) is 1.89. The third-order valence-electron chi connectivity index (χ3n) is 5.39. The highest BCUT2D eigenvalue weighted by Crippen LogP contribution is 2.28. The predicted octanol–water partition coefficient (Wildman–Crippen LogP) is 2.50. The van der Waals surface area contributed by atoms with Gasteiger partial charge in [-0.05, 0) is 44.2 Å². The Morgan fingerprint density at radius 1 is 1.21 bits per heavy atom. The van der Waals surface area contributed by atoms with E-state index in [2.05, 4.69) is 25.8 Å². The zero-order valence-electron chi connectivity index (χ0n) is 16.4. The Balaban J connectivity index is 0.00000240. The molecule has 1 aliphatic carbocycles. The van der Waals surface area contributed by atoms with E-state index in [1.165, 1.54) is 0 Å². The molecule has 0 bridgehead atoms. The fourth-order valence-corrected chi connectivity index (χ4v) is 3.65. The van der Waals surface area contributed by atoms with Crippen LogP contribution in [-0.2, 0) is 7.05 Å². The number of nitrogens with zero attached hydrogens (tertiary/aromatic N) is 6. The summed E-state index contributed by atoms with van der Waals surface area (Å²) in [6, 6.07) is 6.23. The molecule has 3 N–H and O–H groups in total. The average Bonchev–Trinajstić information content (AvgIpc) is 3.33. The first-order valence-electron chi connectivity index (χ1n) is 9.45. The smallest absolute Gasteiger partial charge is 0.277 e. The van der Waals surface area contributed by atoms with Crippen LogP contribution < -0.4 is 11.1 Å². The van der Waals surface area contributed by atoms with Crippen molar-refractivity contribution in [2.24, 2.45) is 12.8 Å². The van der Waals surface area contributed by atoms with Gasteiger partial charge >= 0.3 is 0 Å². The number of anilines is 1. The highest BCUT2D eigenvalue weighted by Gasteiger charge is 2.22. The minimum atomic E-state index is -0.281. The Morgan fingerprint density at radius 3 is 2.66 bits per heavy atom. The molecule has 2 aromatic heterocycles. The standard InChI is InChI=1S/C19H24N8O.ClH/c1-12-15(18-24-21-11-26(18)2)4-3-5-16(12)22-19(28)17-10-27(25-23-17)14-8-6-13(20)7-9-14;/h3-5,10-11,13-14H,6-9,20H2,1-2H3,(H,22,28);1H. The van der Waals surface area contributed by atoms with Gasteiger partial charge in [-0.25, -0.2) is 4.68 Å². The SMILES string of the molecule is Cc1c(NC(=O)c2cn(C3CCC(N)CC3)nn2)cccc1-c1nncn1C.Cl. The van der Waals surface area contributed by atoms with Gasteiger partial charge < -0.3 is 15.6 Å². The third-order valence-corrected chi connectivity index (χ3v) is 5.39. The van der Waals surface area contributed by atoms with Crippen molar-refractivity contribution in [3.63, 3.8) is 0 Å². The van der Waals surface area contributed by atoms with Crippen molar-refractivity contribution in [1.29, 1.82) is 0 Å². The van der Waals surface area contributed by atoms with E-state index in [0.717, 1.165) is 42.6 Å². The third kappa shape index (κ3) is 4.30. The van der Waals surface area contributed by atoms with Crippen LogP contribution in [0.5, 0.6) is 0 Å². The Hall–Kier alpha value is -2.78. The number of carbonyl (C=O) groups excluding carboxylic acids is 1. The number of halogens is 1. The van der Waals surface area contributed by atoms with Gasteiger partial charge in [-0.2, -0.15) is 0 Å². The van der Waals surface area contributed by atoms with Crippen molar-refractivity contribution < 1.29 is 4.79 Å². The monoisotopic (exact) mass is 416 g/mol. The van der Waals surface area contributed by atoms with Crippen LogP contribution >= 0.6 is 12.4 Å². The van der Waals surface area contributed by atoms with Gasteiger partial charge in [0.2, 0.25) is 0 Å². The number of amides is 1. The van der Waals surface area contributed by atoms with Gasteiger partial charge in [-0.3, -0.25) is 4.79 Å². The number of benzene rings is 1. The van der Waals surface area contributed by atoms with Crippen molar-refractivity contribution in [2.75, 3.05) is 5.32 Å². The van der Waals surface area contributed by atoms with Crippen molar-refractivity contribution in [1.82, 2.24) is 29.8 Å². The van der Waals surface area contributed by atoms with Gasteiger partial charge in [0, 0.05) is 24.3 Å². The Kier molecular flexibility index (Phi) is 6.29. The Bertz CT molecular complexity index is 990. The molecule has 0 unspecified atom stereocenters. The lowest BCUT2D eigenvalue weighted by Gasteiger charge is -2.25. The number of nitrogens with one attached hydrogen (secondary N) is 1. The second kappa shape index (κ2) is 8.71. The topological polar surface area (TPSA) is 117 Å². The highest BCUT2D eigenvalue weighted by atomic mass is 35.5. The molecule has 0 saturated heterocycles. The van der Waals surface area contributed by atoms with Crippen molar-refractivity contribution in [2.45, 2.75) is 44.7 Å². The lowest BCUT2D eigenvalue weighted by molar-refractivity contribution is 0.102. The van der Waals surface area contributed by atoms with Gasteiger partial charge in [-0.15, -0.1) is 27.7 Å². The lowest BCUT2D eigenvalue weighted by atomic mass is 9.92. The molecule has 1 fully saturated rings. The fourth-order valence-electron chi connectivity index (χ4n) is 3.65. The summed E-state index contributed by atoms with van der Waals surface area (Å²) in [5.41, 5.74) is 8.82. The molecule has 0 radical (unpaired) electrons. The molecule has 154 valence electrons. The van der Waals surface area contributed by atoms with E-state index in [0.29, 0.717) is 11.4 Å². The molecule has 29 heavy (non-hydrogen) atoms. The van der Waals surface area contributed by atoms with Crippen LogP contribution in [0, 0.1) is 6.92 Å². The second-order valence-corrected chi connectivity index (χ2v) is 7.35. The molecule has 0 spiro atoms. The molecule has 1 amide bonds. The summed E-state index contributed by atoms with van der Waals surface area (Å²) in [5, 5.41) is 19.2. The van der Waals surface area contributed by atoms with Crippen LogP contribution in [0.15, 0.2) is 30.7 Å². The van der Waals surface area contributed by atoms with Crippen molar-refractivity contribution in [3.8, 4) is 11.4 Å². The van der Waals surface area contributed by atoms with Crippen LogP contribution in [0.2, 0.25) is 0 Å². The van der Waals surface area contributed by atoms with Crippen LogP contribution in [0.25, 0.3) is 11.4 Å². The highest BCUT2D eigenvalue weighted by molar-refractivity contribution is 6.03. The summed E-state index contributed by atoms with van der Waals surface area (Å²) < 4.78 is 3.64. The summed E-state index contributed by atoms with van der Waals surface area (Å²) in [4.78, 5) is 12.7. The maximum absolute atomic E-state index is 12.7. The zero-order valence-corrected chi connectivity index (χ0v) is 17.3. The van der Waals surface area contributed by atoms with E-state index in [-0.39, 0.29) is 30.4 Å². The number of aryl methyl sites for hydroxylation is 1. The lowest BCUT2D eigenvalue weighted by Crippen LogP contribution is -2.28. The van der Waals surface area contributed by atoms with Crippen LogP contribution in [0.1, 0.15) is 47.8 Å². The largest absolute Gasteiger partial charge is 0.328 e. The summed E-state index contributed by atoms with van der Waals surface area (Å²) in [6.07, 6.45) is 7.24. The van der Waals surface area contributed by atoms with E-state index in [9.17, 15) is 4.79 Å². The molecule has 0 aliphatic heterocycles. The molecule has 1 saturated carbocycles. The maximum atomic E-state index is 12.7. The molecule has 1 aliphatic rings. The van der Waals surface area contributed by atoms with E-state index in [1.807, 2.05) is 36.7 Å². The molecule has 9 nitrogen and oxygen atoms in total. The van der Waals surface area contributed by atoms with E-state index >= 15 is 0 Å². The number of carbonyl (C=O) groups is 1. The molecule has 10 heteroatoms. The minimum absolute atomic E-state index is 0. The van der Waals surface area contributed by atoms with Crippen LogP contribution in [0.4, 0.5) is 5.69 Å². The van der Waals surface area contributed by atoms with Crippen molar-refractivity contribution in [3.05, 3.63) is 42.0 Å². The van der Waals surface area contributed by atoms with Gasteiger partial charge in [-0.1, -0.05) is 17.3 Å². The number of aromatic nitrogens is 6. The first-order valence-corrected chi connectivity index (χ1v) is 9.45. The van der Waals surface area contributed by atoms with Crippen LogP contribution in [0.3, 0.4) is 0 Å². The number of hydrogen-bond donors (Lipinski definition) is 2. The summed E-state index contributed by atoms with van der Waals surface area (Å²) in [5.74, 6) is 0.465. The normalized spacial score (nSPS) is 18.9. The first-order chi connectivity index (χ1) is 13.5. The Morgan fingerprint density at radius 2 is 1.97 bits per heavy atom. The first kappa shape index (κ1) is 20.9. The zero-order chi connectivity index (χ0) is 19.7. The molecule has 3 aromatic rings. The Labute approximate surface area is 175 Å². The number of hydrogen-bond acceptors (Lipinski definition) is 6.